The highest BCUT2D eigenvalue weighted by molar-refractivity contribution is 9.44. The molecule has 1 N–H and O–H groups in total. The minimum atomic E-state index is -2.86. The molecule has 52 heteroatoms. The first-order valence-corrected chi connectivity index (χ1v) is 54.2. The summed E-state index contributed by atoms with van der Waals surface area (Å²) in [5.74, 6) is 0. The average molecular weight is 4190 g/mol. The first-order chi connectivity index (χ1) is 31.2. The predicted molar refractivity (Wildman–Crippen MR) is 503 cm³/mol. The van der Waals surface area contributed by atoms with Gasteiger partial charge in [-0.25, -0.2) is 4.21 Å². The van der Waals surface area contributed by atoms with Crippen molar-refractivity contribution >= 4 is 776 Å². The quantitative estimate of drug-likeness (QED) is 0.0976. The summed E-state index contributed by atoms with van der Waals surface area (Å²) in [6.07, 6.45) is 0. The second kappa shape index (κ2) is 33.3. The molecule has 0 aliphatic rings. The molecule has 0 spiro atoms. The molecule has 1 atom stereocenters. The Morgan fingerprint density at radius 2 is 0.213 bits per heavy atom. The highest BCUT2D eigenvalue weighted by Crippen LogP contribution is 2.86. The van der Waals surface area contributed by atoms with Crippen molar-refractivity contribution < 1.29 is 13.3 Å². The van der Waals surface area contributed by atoms with Crippen LogP contribution >= 0.6 is 765 Å². The van der Waals surface area contributed by atoms with Crippen molar-refractivity contribution in [1.29, 1.82) is 0 Å². The molecule has 0 saturated carbocycles. The van der Waals surface area contributed by atoms with Crippen molar-refractivity contribution in [3.8, 4) is 0 Å². The van der Waals surface area contributed by atoms with E-state index in [0.717, 1.165) is 0 Å². The van der Waals surface area contributed by atoms with Gasteiger partial charge in [0.05, 0.1) is 11.4 Å². The molecule has 0 fully saturated rings. The second-order valence-electron chi connectivity index (χ2n) is 13.3. The maximum Gasteiger partial charge on any atom is 0.162 e. The Bertz CT molecular complexity index is 1910. The molecule has 0 aromatic heterocycles. The normalized spacial score (nSPS) is 17.5. The standard InChI is InChI=1S/C23Br48.H2O3S/c24-1(25,2(26,27)4(30,31)6(34,35)8(38,39)10(42,43)12(46,47)14(50,51)16(54,55)18(58,59)20(62,63)22(66,67)68)3(28,29)5(32,33)7(36,37)9(40,41)11(44,45)13(48,49)15(52,53)17(56,57)19(60,61)21(64,65)23(69,70)71;1-4(2)3/h;(H2,1,2,3)/p-1. The van der Waals surface area contributed by atoms with E-state index < -0.39 is 83.6 Å². The molecule has 0 aliphatic carbocycles. The fourth-order valence-corrected chi connectivity index (χ4v) is 53.1. The molecule has 1 unspecified atom stereocenters. The first kappa shape index (κ1) is 100. The zero-order valence-corrected chi connectivity index (χ0v) is 108. The molecule has 0 aromatic rings. The molecule has 0 aromatic carbocycles. The largest absolute Gasteiger partial charge is 0.750 e. The van der Waals surface area contributed by atoms with Crippen LogP contribution in [0, 0.1) is 0 Å². The van der Waals surface area contributed by atoms with Crippen LogP contribution in [0.25, 0.3) is 0 Å². The van der Waals surface area contributed by atoms with Gasteiger partial charge in [0.25, 0.3) is 0 Å². The van der Waals surface area contributed by atoms with E-state index in [1.54, 1.807) is 0 Å². The Morgan fingerprint density at radius 1 is 0.173 bits per heavy atom. The van der Waals surface area contributed by atoms with Crippen LogP contribution in [0.15, 0.2) is 0 Å². The summed E-state index contributed by atoms with van der Waals surface area (Å²) >= 11 is 188. The Kier molecular flexibility index (Phi) is 44.5. The van der Waals surface area contributed by atoms with Gasteiger partial charge in [-0.15, -0.1) is 0 Å². The van der Waals surface area contributed by atoms with E-state index in [1.165, 1.54) is 0 Å². The fraction of sp³-hybridized carbons (Fsp3) is 1.00. The van der Waals surface area contributed by atoms with E-state index in [1.807, 2.05) is 0 Å². The second-order valence-corrected chi connectivity index (χ2v) is 99.5. The maximum atomic E-state index is 8.56. The van der Waals surface area contributed by atoms with Gasteiger partial charge in [0.15, 0.2) is 4.29 Å². The number of hydrogen-bond donors (Lipinski definition) is 1. The monoisotopic (exact) mass is 4150 g/mol. The lowest BCUT2D eigenvalue weighted by Gasteiger charge is -2.63. The summed E-state index contributed by atoms with van der Waals surface area (Å²) in [5, 5.41) is 0. The van der Waals surface area contributed by atoms with E-state index in [2.05, 4.69) is 765 Å². The molecule has 0 rings (SSSR count). The smallest absolute Gasteiger partial charge is 0.162 e. The minimum absolute atomic E-state index is 0.940. The molecular weight excluding hydrogens is 4190 g/mol. The molecule has 0 aliphatic heterocycles. The Balaban J connectivity index is 0. The van der Waals surface area contributed by atoms with Crippen molar-refractivity contribution in [2.75, 3.05) is 0 Å². The highest BCUT2D eigenvalue weighted by Gasteiger charge is 2.86. The van der Waals surface area contributed by atoms with E-state index in [-0.39, 0.29) is 0 Å². The number of rotatable bonds is 20. The molecule has 0 radical (unpaired) electrons. The predicted octanol–water partition coefficient (Wildman–Crippen LogP) is 35.2. The molecule has 0 heterocycles. The molecule has 0 amide bonds. The SMILES string of the molecule is BrC(Br)(Br)C(Br)(Br)C(Br)(Br)C(Br)(Br)C(Br)(Br)C(Br)(Br)C(Br)(Br)C(Br)(Br)C(Br)(Br)C(Br)(Br)C(Br)(Br)C(Br)(Br)C(Br)(Br)C(Br)(Br)C(Br)(Br)C(Br)(Br)C(Br)(Br)C(Br)(Br)C(Br)(Br)C(Br)(Br)C(Br)(Br)C(Br)(Br)C(Br)(Br)Br.O=S([O-])O. The van der Waals surface area contributed by atoms with E-state index in [0.29, 0.717) is 0 Å². The lowest BCUT2D eigenvalue weighted by molar-refractivity contribution is 0.436. The van der Waals surface area contributed by atoms with Gasteiger partial charge in [-0.1, -0.05) is 765 Å². The van der Waals surface area contributed by atoms with Gasteiger partial charge < -0.3 is 9.11 Å². The van der Waals surface area contributed by atoms with Crippen LogP contribution in [0.1, 0.15) is 0 Å². The van der Waals surface area contributed by atoms with Gasteiger partial charge >= 0.3 is 0 Å². The van der Waals surface area contributed by atoms with Crippen LogP contribution in [0.2, 0.25) is 0 Å². The summed E-state index contributed by atoms with van der Waals surface area (Å²) in [6, 6.07) is 0. The van der Waals surface area contributed by atoms with Gasteiger partial charge in [0.1, 0.15) is 67.9 Å². The van der Waals surface area contributed by atoms with Crippen LogP contribution in [0.3, 0.4) is 0 Å². The van der Waals surface area contributed by atoms with Crippen LogP contribution in [0.4, 0.5) is 0 Å². The average Bonchev–Trinajstić information content (AvgIpc) is 3.14. The van der Waals surface area contributed by atoms with Gasteiger partial charge in [-0.3, -0.25) is 0 Å². The summed E-state index contributed by atoms with van der Waals surface area (Å²) in [4.78, 5) is 0. The Hall–Kier alpha value is 23.1. The zero-order valence-electron chi connectivity index (χ0n) is 31.3. The lowest BCUT2D eigenvalue weighted by atomic mass is 10.0. The maximum absolute atomic E-state index is 8.56. The summed E-state index contributed by atoms with van der Waals surface area (Å²) in [5.41, 5.74) is 0. The molecule has 0 bridgehead atoms. The topological polar surface area (TPSA) is 60.4 Å². The third-order valence-electron chi connectivity index (χ3n) is 8.60. The first-order valence-electron chi connectivity index (χ1n) is 15.1. The minimum Gasteiger partial charge on any atom is -0.750 e. The third-order valence-corrected chi connectivity index (χ3v) is 111. The van der Waals surface area contributed by atoms with Crippen LogP contribution in [-0.2, 0) is 11.4 Å². The van der Waals surface area contributed by atoms with Crippen molar-refractivity contribution in [1.82, 2.24) is 0 Å². The van der Waals surface area contributed by atoms with Gasteiger partial charge in [-0.2, -0.15) is 0 Å². The van der Waals surface area contributed by atoms with E-state index in [4.69, 9.17) is 13.3 Å². The highest BCUT2D eigenvalue weighted by atomic mass is 80.0. The summed E-state index contributed by atoms with van der Waals surface area (Å²) in [7, 11) is 0. The van der Waals surface area contributed by atoms with Crippen LogP contribution < -0.4 is 0 Å². The van der Waals surface area contributed by atoms with Gasteiger partial charge in [-0.05, 0) is 0 Å². The third kappa shape index (κ3) is 18.0. The molecule has 454 valence electrons. The van der Waals surface area contributed by atoms with Crippen LogP contribution in [-0.4, -0.2) is 85.5 Å². The fourth-order valence-electron chi connectivity index (χ4n) is 4.10. The van der Waals surface area contributed by atoms with Crippen molar-refractivity contribution in [2.24, 2.45) is 0 Å². The summed E-state index contributed by atoms with van der Waals surface area (Å²) in [6.45, 7) is 0. The molecular formula is C23HBr48O3S-. The van der Waals surface area contributed by atoms with Crippen molar-refractivity contribution in [3.63, 3.8) is 0 Å². The molecule has 0 saturated heterocycles. The van der Waals surface area contributed by atoms with Gasteiger partial charge in [0, 0.05) is 0 Å². The lowest BCUT2D eigenvalue weighted by Crippen LogP contribution is -2.74. The Labute approximate surface area is 839 Å². The van der Waals surface area contributed by atoms with Crippen molar-refractivity contribution in [3.05, 3.63) is 0 Å². The number of hydrogen-bond acceptors (Lipinski definition) is 2. The Morgan fingerprint density at radius 3 is 0.253 bits per heavy atom. The van der Waals surface area contributed by atoms with Crippen molar-refractivity contribution in [2.45, 2.75) is 72.2 Å². The van der Waals surface area contributed by atoms with E-state index >= 15 is 0 Å². The van der Waals surface area contributed by atoms with Crippen LogP contribution in [0.5, 0.6) is 0 Å². The molecule has 3 nitrogen and oxygen atoms in total. The number of alkyl halides is 48. The van der Waals surface area contributed by atoms with Gasteiger partial charge in [0.2, 0.25) is 0 Å². The summed E-state index contributed by atoms with van der Waals surface area (Å²) < 4.78 is -5.69. The number of halogens is 48. The molecule has 75 heavy (non-hydrogen) atoms. The van der Waals surface area contributed by atoms with E-state index in [9.17, 15) is 0 Å². The zero-order chi connectivity index (χ0) is 63.1.